The van der Waals surface area contributed by atoms with E-state index in [1.54, 1.807) is 0 Å². The average molecular weight is 381 g/mol. The van der Waals surface area contributed by atoms with Crippen molar-refractivity contribution < 1.29 is 9.53 Å². The van der Waals surface area contributed by atoms with Gasteiger partial charge < -0.3 is 10.1 Å². The maximum Gasteiger partial charge on any atom is 0.252 e. The smallest absolute Gasteiger partial charge is 0.252 e. The standard InChI is InChI=1S/C22H21ClN2O2/c1-14-20(22(26)24-13-17-8-5-11-27-17)18-9-2-3-10-19(18)25-21(14)15-6-4-7-16(23)12-15/h2-4,6-7,9-10,12,17H,5,8,11,13H2,1H3,(H,24,26). The van der Waals surface area contributed by atoms with Crippen LogP contribution in [0, 0.1) is 6.92 Å². The maximum absolute atomic E-state index is 13.1. The van der Waals surface area contributed by atoms with E-state index < -0.39 is 0 Å². The molecule has 2 heterocycles. The minimum Gasteiger partial charge on any atom is -0.376 e. The van der Waals surface area contributed by atoms with Gasteiger partial charge >= 0.3 is 0 Å². The van der Waals surface area contributed by atoms with E-state index in [0.29, 0.717) is 17.1 Å². The first-order valence-electron chi connectivity index (χ1n) is 9.18. The molecule has 1 aliphatic rings. The molecule has 0 aliphatic carbocycles. The molecular formula is C22H21ClN2O2. The monoisotopic (exact) mass is 380 g/mol. The van der Waals surface area contributed by atoms with Crippen molar-refractivity contribution in [2.45, 2.75) is 25.9 Å². The van der Waals surface area contributed by atoms with Crippen LogP contribution in [0.5, 0.6) is 0 Å². The number of nitrogens with zero attached hydrogens (tertiary/aromatic N) is 1. The van der Waals surface area contributed by atoms with Crippen LogP contribution < -0.4 is 5.32 Å². The SMILES string of the molecule is Cc1c(-c2cccc(Cl)c2)nc2ccccc2c1C(=O)NCC1CCCO1. The number of pyridine rings is 1. The van der Waals surface area contributed by atoms with Gasteiger partial charge in [-0.1, -0.05) is 41.9 Å². The lowest BCUT2D eigenvalue weighted by Gasteiger charge is -2.16. The Labute approximate surface area is 163 Å². The minimum atomic E-state index is -0.0927. The molecule has 2 aromatic carbocycles. The zero-order valence-electron chi connectivity index (χ0n) is 15.2. The lowest BCUT2D eigenvalue weighted by Crippen LogP contribution is -2.32. The molecule has 1 aromatic heterocycles. The van der Waals surface area contributed by atoms with Gasteiger partial charge in [-0.25, -0.2) is 4.98 Å². The van der Waals surface area contributed by atoms with Gasteiger partial charge in [0.25, 0.3) is 5.91 Å². The fourth-order valence-electron chi connectivity index (χ4n) is 3.62. The molecule has 0 bridgehead atoms. The third kappa shape index (κ3) is 3.68. The highest BCUT2D eigenvalue weighted by Crippen LogP contribution is 2.30. The summed E-state index contributed by atoms with van der Waals surface area (Å²) < 4.78 is 5.62. The highest BCUT2D eigenvalue weighted by molar-refractivity contribution is 6.30. The molecule has 1 saturated heterocycles. The number of hydrogen-bond donors (Lipinski definition) is 1. The summed E-state index contributed by atoms with van der Waals surface area (Å²) in [5, 5.41) is 4.54. The van der Waals surface area contributed by atoms with Crippen molar-refractivity contribution in [2.24, 2.45) is 0 Å². The predicted octanol–water partition coefficient (Wildman–Crippen LogP) is 4.77. The summed E-state index contributed by atoms with van der Waals surface area (Å²) in [4.78, 5) is 17.9. The maximum atomic E-state index is 13.1. The van der Waals surface area contributed by atoms with E-state index in [0.717, 1.165) is 47.2 Å². The van der Waals surface area contributed by atoms with E-state index in [-0.39, 0.29) is 12.0 Å². The van der Waals surface area contributed by atoms with Gasteiger partial charge in [-0.15, -0.1) is 0 Å². The zero-order chi connectivity index (χ0) is 18.8. The van der Waals surface area contributed by atoms with Crippen LogP contribution in [0.3, 0.4) is 0 Å². The van der Waals surface area contributed by atoms with E-state index >= 15 is 0 Å². The van der Waals surface area contributed by atoms with Crippen LogP contribution >= 0.6 is 11.6 Å². The lowest BCUT2D eigenvalue weighted by atomic mass is 9.97. The molecule has 27 heavy (non-hydrogen) atoms. The predicted molar refractivity (Wildman–Crippen MR) is 108 cm³/mol. The quantitative estimate of drug-likeness (QED) is 0.709. The molecule has 138 valence electrons. The van der Waals surface area contributed by atoms with Crippen molar-refractivity contribution >= 4 is 28.4 Å². The first kappa shape index (κ1) is 18.0. The number of carbonyl (C=O) groups excluding carboxylic acids is 1. The van der Waals surface area contributed by atoms with Crippen LogP contribution in [0.4, 0.5) is 0 Å². The van der Waals surface area contributed by atoms with Gasteiger partial charge in [0.1, 0.15) is 0 Å². The summed E-state index contributed by atoms with van der Waals surface area (Å²) in [6.45, 7) is 3.24. The Hall–Kier alpha value is -2.43. The van der Waals surface area contributed by atoms with Crippen LogP contribution in [0.2, 0.25) is 5.02 Å². The molecule has 1 aliphatic heterocycles. The van der Waals surface area contributed by atoms with Gasteiger partial charge in [-0.2, -0.15) is 0 Å². The summed E-state index contributed by atoms with van der Waals surface area (Å²) in [6.07, 6.45) is 2.15. The Kier molecular flexibility index (Phi) is 5.10. The number of carbonyl (C=O) groups is 1. The van der Waals surface area contributed by atoms with Gasteiger partial charge in [-0.3, -0.25) is 4.79 Å². The van der Waals surface area contributed by atoms with Gasteiger partial charge in [-0.05, 0) is 43.5 Å². The number of aromatic nitrogens is 1. The Morgan fingerprint density at radius 1 is 1.26 bits per heavy atom. The Morgan fingerprint density at radius 2 is 2.11 bits per heavy atom. The van der Waals surface area contributed by atoms with Crippen LogP contribution in [-0.4, -0.2) is 30.1 Å². The normalized spacial score (nSPS) is 16.6. The molecule has 5 heteroatoms. The summed E-state index contributed by atoms with van der Waals surface area (Å²) >= 11 is 6.17. The second-order valence-corrected chi connectivity index (χ2v) is 7.27. The van der Waals surface area contributed by atoms with E-state index in [2.05, 4.69) is 5.32 Å². The van der Waals surface area contributed by atoms with E-state index in [4.69, 9.17) is 21.3 Å². The number of nitrogens with one attached hydrogen (secondary N) is 1. The molecule has 0 spiro atoms. The van der Waals surface area contributed by atoms with Crippen LogP contribution in [0.25, 0.3) is 22.2 Å². The number of para-hydroxylation sites is 1. The zero-order valence-corrected chi connectivity index (χ0v) is 15.9. The fraction of sp³-hybridized carbons (Fsp3) is 0.273. The number of amides is 1. The topological polar surface area (TPSA) is 51.2 Å². The minimum absolute atomic E-state index is 0.0927. The van der Waals surface area contributed by atoms with Crippen molar-refractivity contribution in [2.75, 3.05) is 13.2 Å². The van der Waals surface area contributed by atoms with Crippen molar-refractivity contribution in [3.05, 3.63) is 64.7 Å². The Morgan fingerprint density at radius 3 is 2.89 bits per heavy atom. The van der Waals surface area contributed by atoms with Crippen molar-refractivity contribution in [1.82, 2.24) is 10.3 Å². The molecule has 1 N–H and O–H groups in total. The molecule has 4 nitrogen and oxygen atoms in total. The van der Waals surface area contributed by atoms with Crippen LogP contribution in [0.15, 0.2) is 48.5 Å². The number of fused-ring (bicyclic) bond motifs is 1. The second kappa shape index (κ2) is 7.67. The number of ether oxygens (including phenoxy) is 1. The molecule has 1 unspecified atom stereocenters. The van der Waals surface area contributed by atoms with Crippen molar-refractivity contribution in [1.29, 1.82) is 0 Å². The number of halogens is 1. The van der Waals surface area contributed by atoms with Gasteiger partial charge in [0.2, 0.25) is 0 Å². The van der Waals surface area contributed by atoms with E-state index in [1.165, 1.54) is 0 Å². The summed E-state index contributed by atoms with van der Waals surface area (Å²) in [7, 11) is 0. The molecule has 4 rings (SSSR count). The number of benzene rings is 2. The fourth-order valence-corrected chi connectivity index (χ4v) is 3.81. The Balaban J connectivity index is 1.77. The second-order valence-electron chi connectivity index (χ2n) is 6.83. The van der Waals surface area contributed by atoms with Gasteiger partial charge in [0.15, 0.2) is 0 Å². The average Bonchev–Trinajstić information content (AvgIpc) is 3.19. The summed E-state index contributed by atoms with van der Waals surface area (Å²) in [5.41, 5.74) is 3.98. The van der Waals surface area contributed by atoms with Gasteiger partial charge in [0.05, 0.1) is 22.9 Å². The molecule has 0 saturated carbocycles. The summed E-state index contributed by atoms with van der Waals surface area (Å²) in [5.74, 6) is -0.0927. The van der Waals surface area contributed by atoms with Crippen molar-refractivity contribution in [3.8, 4) is 11.3 Å². The highest BCUT2D eigenvalue weighted by Gasteiger charge is 2.21. The number of hydrogen-bond acceptors (Lipinski definition) is 3. The molecule has 3 aromatic rings. The van der Waals surface area contributed by atoms with Crippen molar-refractivity contribution in [3.63, 3.8) is 0 Å². The van der Waals surface area contributed by atoms with E-state index in [1.807, 2.05) is 55.5 Å². The third-order valence-electron chi connectivity index (χ3n) is 4.98. The number of rotatable bonds is 4. The molecule has 1 amide bonds. The highest BCUT2D eigenvalue weighted by atomic mass is 35.5. The molecule has 0 radical (unpaired) electrons. The van der Waals surface area contributed by atoms with Crippen LogP contribution in [-0.2, 0) is 4.74 Å². The largest absolute Gasteiger partial charge is 0.376 e. The van der Waals surface area contributed by atoms with E-state index in [9.17, 15) is 4.79 Å². The molecule has 1 fully saturated rings. The Bertz CT molecular complexity index is 997. The van der Waals surface area contributed by atoms with Crippen LogP contribution in [0.1, 0.15) is 28.8 Å². The molecule has 1 atom stereocenters. The third-order valence-corrected chi connectivity index (χ3v) is 5.21. The lowest BCUT2D eigenvalue weighted by molar-refractivity contribution is 0.0858. The van der Waals surface area contributed by atoms with Gasteiger partial charge in [0, 0.05) is 29.1 Å². The summed E-state index contributed by atoms with van der Waals surface area (Å²) in [6, 6.07) is 15.3. The first-order valence-corrected chi connectivity index (χ1v) is 9.56. The first-order chi connectivity index (χ1) is 13.1. The molecular weight excluding hydrogens is 360 g/mol.